The first-order chi connectivity index (χ1) is 9.27. The maximum Gasteiger partial charge on any atom is 0.417 e. The van der Waals surface area contributed by atoms with Crippen LogP contribution in [-0.4, -0.2) is 0 Å². The smallest absolute Gasteiger partial charge is 0.417 e. The van der Waals surface area contributed by atoms with E-state index in [1.807, 2.05) is 0 Å². The minimum atomic E-state index is -4.48. The van der Waals surface area contributed by atoms with Gasteiger partial charge in [-0.2, -0.15) is 13.2 Å². The highest BCUT2D eigenvalue weighted by atomic mass is 79.9. The van der Waals surface area contributed by atoms with E-state index in [1.54, 1.807) is 6.07 Å². The predicted molar refractivity (Wildman–Crippen MR) is 77.9 cm³/mol. The summed E-state index contributed by atoms with van der Waals surface area (Å²) in [4.78, 5) is 0. The van der Waals surface area contributed by atoms with E-state index in [4.69, 9.17) is 16.0 Å². The van der Waals surface area contributed by atoms with Gasteiger partial charge < -0.3 is 9.73 Å². The molecule has 1 N–H and O–H groups in total. The van der Waals surface area contributed by atoms with Gasteiger partial charge in [-0.25, -0.2) is 0 Å². The Hall–Kier alpha value is -0.660. The second-order valence-corrected chi connectivity index (χ2v) is 5.86. The minimum Gasteiger partial charge on any atom is -0.451 e. The molecule has 0 aliphatic carbocycles. The molecule has 2 rings (SSSR count). The van der Waals surface area contributed by atoms with E-state index in [2.05, 4.69) is 37.2 Å². The molecule has 0 bridgehead atoms. The van der Waals surface area contributed by atoms with Crippen molar-refractivity contribution in [3.63, 3.8) is 0 Å². The highest BCUT2D eigenvalue weighted by molar-refractivity contribution is 9.13. The average molecular weight is 433 g/mol. The van der Waals surface area contributed by atoms with E-state index in [9.17, 15) is 13.2 Å². The summed E-state index contributed by atoms with van der Waals surface area (Å²) < 4.78 is 44.7. The fourth-order valence-corrected chi connectivity index (χ4v) is 2.40. The Bertz CT molecular complexity index is 608. The zero-order valence-electron chi connectivity index (χ0n) is 9.69. The van der Waals surface area contributed by atoms with E-state index in [-0.39, 0.29) is 11.6 Å². The Balaban J connectivity index is 2.14. The van der Waals surface area contributed by atoms with Gasteiger partial charge in [0.05, 0.1) is 21.6 Å². The second-order valence-electron chi connectivity index (χ2n) is 3.88. The molecule has 1 heterocycles. The molecule has 8 heteroatoms. The molecule has 0 saturated carbocycles. The molecule has 1 aromatic heterocycles. The third kappa shape index (κ3) is 3.71. The van der Waals surface area contributed by atoms with E-state index in [0.29, 0.717) is 16.1 Å². The summed E-state index contributed by atoms with van der Waals surface area (Å²) in [7, 11) is 0. The highest BCUT2D eigenvalue weighted by Gasteiger charge is 2.33. The summed E-state index contributed by atoms with van der Waals surface area (Å²) in [6.45, 7) is 0.253. The molecule has 0 unspecified atom stereocenters. The van der Waals surface area contributed by atoms with Gasteiger partial charge in [-0.1, -0.05) is 11.6 Å². The van der Waals surface area contributed by atoms with Crippen molar-refractivity contribution in [2.45, 2.75) is 12.7 Å². The van der Waals surface area contributed by atoms with Crippen molar-refractivity contribution >= 4 is 49.1 Å². The predicted octanol–water partition coefficient (Wildman–Crippen LogP) is 6.09. The number of hydrogen-bond acceptors (Lipinski definition) is 2. The molecule has 0 aliphatic rings. The summed E-state index contributed by atoms with van der Waals surface area (Å²) in [6.07, 6.45) is -4.48. The molecule has 1 aromatic carbocycles. The molecule has 2 nitrogen and oxygen atoms in total. The van der Waals surface area contributed by atoms with Crippen LogP contribution in [0.15, 0.2) is 37.8 Å². The quantitative estimate of drug-likeness (QED) is 0.634. The maximum absolute atomic E-state index is 12.7. The van der Waals surface area contributed by atoms with Crippen LogP contribution in [0.25, 0.3) is 0 Å². The number of benzene rings is 1. The number of furan rings is 1. The van der Waals surface area contributed by atoms with Crippen LogP contribution in [0.2, 0.25) is 5.02 Å². The number of halogens is 6. The largest absolute Gasteiger partial charge is 0.451 e. The van der Waals surface area contributed by atoms with Crippen LogP contribution >= 0.6 is 43.5 Å². The standard InChI is InChI=1S/C12H7Br2ClF3NO/c13-9-4-7(20-11(9)14)5-19-6-1-2-10(15)8(3-6)12(16,17)18/h1-4,19H,5H2. The fraction of sp³-hybridized carbons (Fsp3) is 0.167. The summed E-state index contributed by atoms with van der Waals surface area (Å²) in [5.74, 6) is 0.576. The topological polar surface area (TPSA) is 25.2 Å². The van der Waals surface area contributed by atoms with Crippen molar-refractivity contribution in [2.24, 2.45) is 0 Å². The lowest BCUT2D eigenvalue weighted by atomic mass is 10.2. The Morgan fingerprint density at radius 1 is 1.20 bits per heavy atom. The molecule has 0 saturated heterocycles. The molecule has 0 amide bonds. The van der Waals surface area contributed by atoms with Gasteiger partial charge >= 0.3 is 6.18 Å². The van der Waals surface area contributed by atoms with Crippen molar-refractivity contribution in [3.8, 4) is 0 Å². The van der Waals surface area contributed by atoms with Crippen molar-refractivity contribution in [1.82, 2.24) is 0 Å². The Morgan fingerprint density at radius 2 is 1.90 bits per heavy atom. The maximum atomic E-state index is 12.7. The van der Waals surface area contributed by atoms with Crippen molar-refractivity contribution in [2.75, 3.05) is 5.32 Å². The number of alkyl halides is 3. The van der Waals surface area contributed by atoms with Crippen LogP contribution in [0, 0.1) is 0 Å². The molecule has 0 atom stereocenters. The fourth-order valence-electron chi connectivity index (χ4n) is 1.52. The zero-order chi connectivity index (χ0) is 14.9. The van der Waals surface area contributed by atoms with E-state index < -0.39 is 11.7 Å². The minimum absolute atomic E-state index is 0.253. The molecule has 20 heavy (non-hydrogen) atoms. The van der Waals surface area contributed by atoms with Gasteiger partial charge in [0.1, 0.15) is 5.76 Å². The van der Waals surface area contributed by atoms with Gasteiger partial charge in [-0.15, -0.1) is 0 Å². The molecule has 0 fully saturated rings. The molecule has 108 valence electrons. The summed E-state index contributed by atoms with van der Waals surface area (Å²) in [5.41, 5.74) is -0.559. The lowest BCUT2D eigenvalue weighted by molar-refractivity contribution is -0.137. The third-order valence-electron chi connectivity index (χ3n) is 2.43. The molecule has 0 radical (unpaired) electrons. The monoisotopic (exact) mass is 431 g/mol. The first-order valence-electron chi connectivity index (χ1n) is 5.31. The van der Waals surface area contributed by atoms with Crippen molar-refractivity contribution < 1.29 is 17.6 Å². The first-order valence-corrected chi connectivity index (χ1v) is 7.28. The van der Waals surface area contributed by atoms with Crippen LogP contribution in [0.4, 0.5) is 18.9 Å². The van der Waals surface area contributed by atoms with Gasteiger partial charge in [0, 0.05) is 5.69 Å². The van der Waals surface area contributed by atoms with Crippen LogP contribution in [-0.2, 0) is 12.7 Å². The lowest BCUT2D eigenvalue weighted by Crippen LogP contribution is -2.07. The van der Waals surface area contributed by atoms with Crippen LogP contribution < -0.4 is 5.32 Å². The summed E-state index contributed by atoms with van der Waals surface area (Å²) >= 11 is 12.0. The lowest BCUT2D eigenvalue weighted by Gasteiger charge is -2.11. The van der Waals surface area contributed by atoms with Crippen LogP contribution in [0.5, 0.6) is 0 Å². The van der Waals surface area contributed by atoms with E-state index >= 15 is 0 Å². The zero-order valence-corrected chi connectivity index (χ0v) is 13.6. The molecule has 2 aromatic rings. The number of hydrogen-bond donors (Lipinski definition) is 1. The normalized spacial score (nSPS) is 11.7. The van der Waals surface area contributed by atoms with Crippen LogP contribution in [0.1, 0.15) is 11.3 Å². The van der Waals surface area contributed by atoms with Gasteiger partial charge in [0.25, 0.3) is 0 Å². The van der Waals surface area contributed by atoms with E-state index in [1.165, 1.54) is 12.1 Å². The van der Waals surface area contributed by atoms with Crippen LogP contribution in [0.3, 0.4) is 0 Å². The number of anilines is 1. The number of rotatable bonds is 3. The number of nitrogens with one attached hydrogen (secondary N) is 1. The molecular formula is C12H7Br2ClF3NO. The first kappa shape index (κ1) is 15.7. The highest BCUT2D eigenvalue weighted by Crippen LogP contribution is 2.36. The SMILES string of the molecule is FC(F)(F)c1cc(NCc2cc(Br)c(Br)o2)ccc1Cl. The average Bonchev–Trinajstić information content (AvgIpc) is 2.66. The summed E-state index contributed by atoms with van der Waals surface area (Å²) in [6, 6.07) is 5.37. The Morgan fingerprint density at radius 3 is 2.45 bits per heavy atom. The van der Waals surface area contributed by atoms with Gasteiger partial charge in [-0.3, -0.25) is 0 Å². The molecule has 0 spiro atoms. The molecular weight excluding hydrogens is 426 g/mol. The van der Waals surface area contributed by atoms with E-state index in [0.717, 1.165) is 10.5 Å². The van der Waals surface area contributed by atoms with Crippen molar-refractivity contribution in [3.05, 3.63) is 49.8 Å². The van der Waals surface area contributed by atoms with Gasteiger partial charge in [0.15, 0.2) is 4.67 Å². The van der Waals surface area contributed by atoms with Gasteiger partial charge in [0.2, 0.25) is 0 Å². The molecule has 0 aliphatic heterocycles. The van der Waals surface area contributed by atoms with Gasteiger partial charge in [-0.05, 0) is 56.1 Å². The Kier molecular flexibility index (Phi) is 4.71. The Labute approximate surface area is 134 Å². The summed E-state index contributed by atoms with van der Waals surface area (Å²) in [5, 5.41) is 2.52. The third-order valence-corrected chi connectivity index (χ3v) is 4.47. The second kappa shape index (κ2) is 5.99. The van der Waals surface area contributed by atoms with Crippen molar-refractivity contribution in [1.29, 1.82) is 0 Å².